The number of aliphatic imine (C=N–C) groups is 1. The molecule has 0 radical (unpaired) electrons. The molecule has 0 saturated heterocycles. The second kappa shape index (κ2) is 5.72. The minimum Gasteiger partial charge on any atom is -0.471 e. The van der Waals surface area contributed by atoms with Gasteiger partial charge in [0.1, 0.15) is 19.3 Å². The molecule has 2 rings (SSSR count). The number of carbonyl (C=O) groups is 1. The summed E-state index contributed by atoms with van der Waals surface area (Å²) in [5, 5.41) is 0.658. The molecule has 0 bridgehead atoms. The first kappa shape index (κ1) is 12.0. The number of benzene rings is 1. The van der Waals surface area contributed by atoms with Gasteiger partial charge < -0.3 is 9.47 Å². The van der Waals surface area contributed by atoms with Crippen LogP contribution >= 0.6 is 11.8 Å². The van der Waals surface area contributed by atoms with E-state index in [1.54, 1.807) is 24.3 Å². The van der Waals surface area contributed by atoms with Crippen LogP contribution in [0.25, 0.3) is 0 Å². The van der Waals surface area contributed by atoms with E-state index < -0.39 is 0 Å². The van der Waals surface area contributed by atoms with Crippen LogP contribution in [0, 0.1) is 0 Å². The Hall–Kier alpha value is -1.49. The molecular formula is C12H13NO3S. The van der Waals surface area contributed by atoms with Gasteiger partial charge >= 0.3 is 5.97 Å². The second-order valence-corrected chi connectivity index (χ2v) is 4.29. The molecule has 1 aliphatic rings. The first-order chi connectivity index (χ1) is 8.29. The maximum Gasteiger partial charge on any atom is 0.338 e. The van der Waals surface area contributed by atoms with E-state index in [0.29, 0.717) is 17.4 Å². The Bertz CT molecular complexity index is 419. The van der Waals surface area contributed by atoms with Crippen LogP contribution in [0.5, 0.6) is 0 Å². The lowest BCUT2D eigenvalue weighted by Crippen LogP contribution is -2.18. The monoisotopic (exact) mass is 251 g/mol. The molecule has 0 aromatic heterocycles. The Labute approximate surface area is 104 Å². The van der Waals surface area contributed by atoms with Crippen molar-refractivity contribution in [2.24, 2.45) is 4.99 Å². The van der Waals surface area contributed by atoms with E-state index in [1.165, 1.54) is 11.8 Å². The third kappa shape index (κ3) is 3.23. The van der Waals surface area contributed by atoms with Crippen molar-refractivity contribution in [2.75, 3.05) is 19.5 Å². The Morgan fingerprint density at radius 2 is 2.29 bits per heavy atom. The standard InChI is InChI=1S/C12H13NO3S/c1-17-12-13-10(8-16-12)7-15-11(14)9-5-3-2-4-6-9/h2-6,10H,7-8H2,1H3. The summed E-state index contributed by atoms with van der Waals surface area (Å²) in [4.78, 5) is 15.9. The predicted molar refractivity (Wildman–Crippen MR) is 67.4 cm³/mol. The van der Waals surface area contributed by atoms with E-state index in [2.05, 4.69) is 4.99 Å². The molecule has 0 spiro atoms. The fraction of sp³-hybridized carbons (Fsp3) is 0.333. The van der Waals surface area contributed by atoms with Gasteiger partial charge in [-0.25, -0.2) is 9.79 Å². The van der Waals surface area contributed by atoms with Crippen molar-refractivity contribution in [2.45, 2.75) is 6.04 Å². The summed E-state index contributed by atoms with van der Waals surface area (Å²) in [6.07, 6.45) is 1.90. The van der Waals surface area contributed by atoms with Crippen LogP contribution in [0.2, 0.25) is 0 Å². The summed E-state index contributed by atoms with van der Waals surface area (Å²) < 4.78 is 10.4. The highest BCUT2D eigenvalue weighted by Crippen LogP contribution is 2.12. The average molecular weight is 251 g/mol. The number of rotatable bonds is 3. The van der Waals surface area contributed by atoms with Gasteiger partial charge in [0, 0.05) is 0 Å². The van der Waals surface area contributed by atoms with Gasteiger partial charge in [-0.05, 0) is 18.4 Å². The number of hydrogen-bond donors (Lipinski definition) is 0. The van der Waals surface area contributed by atoms with E-state index in [-0.39, 0.29) is 18.6 Å². The Morgan fingerprint density at radius 1 is 1.53 bits per heavy atom. The van der Waals surface area contributed by atoms with Gasteiger partial charge in [0.15, 0.2) is 0 Å². The van der Waals surface area contributed by atoms with Gasteiger partial charge in [0.2, 0.25) is 5.23 Å². The lowest BCUT2D eigenvalue weighted by atomic mass is 10.2. The second-order valence-electron chi connectivity index (χ2n) is 3.53. The summed E-state index contributed by atoms with van der Waals surface area (Å²) >= 11 is 1.45. The quantitative estimate of drug-likeness (QED) is 0.770. The summed E-state index contributed by atoms with van der Waals surface area (Å²) in [6, 6.07) is 8.84. The molecule has 1 atom stereocenters. The molecule has 1 aromatic rings. The Balaban J connectivity index is 1.83. The Kier molecular flexibility index (Phi) is 4.03. The van der Waals surface area contributed by atoms with Crippen molar-refractivity contribution in [1.29, 1.82) is 0 Å². The van der Waals surface area contributed by atoms with Crippen molar-refractivity contribution < 1.29 is 14.3 Å². The maximum atomic E-state index is 11.6. The summed E-state index contributed by atoms with van der Waals surface area (Å²) in [5.74, 6) is -0.321. The van der Waals surface area contributed by atoms with E-state index >= 15 is 0 Å². The fourth-order valence-electron chi connectivity index (χ4n) is 1.42. The van der Waals surface area contributed by atoms with E-state index in [9.17, 15) is 4.79 Å². The topological polar surface area (TPSA) is 47.9 Å². The smallest absolute Gasteiger partial charge is 0.338 e. The van der Waals surface area contributed by atoms with Crippen molar-refractivity contribution in [3.8, 4) is 0 Å². The molecule has 1 aromatic carbocycles. The van der Waals surface area contributed by atoms with Crippen molar-refractivity contribution in [3.63, 3.8) is 0 Å². The third-order valence-electron chi connectivity index (χ3n) is 2.28. The zero-order chi connectivity index (χ0) is 12.1. The van der Waals surface area contributed by atoms with Crippen molar-refractivity contribution in [1.82, 2.24) is 0 Å². The lowest BCUT2D eigenvalue weighted by Gasteiger charge is -2.06. The molecule has 1 heterocycles. The summed E-state index contributed by atoms with van der Waals surface area (Å²) in [7, 11) is 0. The molecule has 0 N–H and O–H groups in total. The first-order valence-corrected chi connectivity index (χ1v) is 6.49. The van der Waals surface area contributed by atoms with Crippen LogP contribution in [0.4, 0.5) is 0 Å². The number of ether oxygens (including phenoxy) is 2. The van der Waals surface area contributed by atoms with Crippen LogP contribution in [0.15, 0.2) is 35.3 Å². The normalized spacial score (nSPS) is 18.4. The number of carbonyl (C=O) groups excluding carboxylic acids is 1. The number of esters is 1. The molecule has 0 fully saturated rings. The predicted octanol–water partition coefficient (Wildman–Crippen LogP) is 1.96. The van der Waals surface area contributed by atoms with E-state index in [0.717, 1.165) is 0 Å². The molecule has 17 heavy (non-hydrogen) atoms. The first-order valence-electron chi connectivity index (χ1n) is 5.26. The molecular weight excluding hydrogens is 238 g/mol. The fourth-order valence-corrected chi connectivity index (χ4v) is 1.86. The summed E-state index contributed by atoms with van der Waals surface area (Å²) in [6.45, 7) is 0.746. The highest BCUT2D eigenvalue weighted by molar-refractivity contribution is 8.12. The molecule has 0 aliphatic carbocycles. The minimum atomic E-state index is -0.321. The molecule has 1 aliphatic heterocycles. The van der Waals surface area contributed by atoms with Crippen LogP contribution in [0.3, 0.4) is 0 Å². The highest BCUT2D eigenvalue weighted by atomic mass is 32.2. The third-order valence-corrected chi connectivity index (χ3v) is 2.85. The van der Waals surface area contributed by atoms with Crippen LogP contribution in [0.1, 0.15) is 10.4 Å². The molecule has 1 unspecified atom stereocenters. The molecule has 0 saturated carbocycles. The average Bonchev–Trinajstić information content (AvgIpc) is 2.85. The van der Waals surface area contributed by atoms with Crippen molar-refractivity contribution in [3.05, 3.63) is 35.9 Å². The number of nitrogens with zero attached hydrogens (tertiary/aromatic N) is 1. The SMILES string of the molecule is CSC1=NC(COC(=O)c2ccccc2)CO1. The molecule has 5 heteroatoms. The van der Waals surface area contributed by atoms with E-state index in [4.69, 9.17) is 9.47 Å². The highest BCUT2D eigenvalue weighted by Gasteiger charge is 2.20. The van der Waals surface area contributed by atoms with Crippen molar-refractivity contribution >= 4 is 23.0 Å². The van der Waals surface area contributed by atoms with Gasteiger partial charge in [-0.3, -0.25) is 0 Å². The minimum absolute atomic E-state index is 0.0786. The molecule has 0 amide bonds. The van der Waals surface area contributed by atoms with Gasteiger partial charge in [0.05, 0.1) is 5.56 Å². The van der Waals surface area contributed by atoms with Crippen LogP contribution in [-0.2, 0) is 9.47 Å². The number of thioether (sulfide) groups is 1. The maximum absolute atomic E-state index is 11.6. The van der Waals surface area contributed by atoms with Gasteiger partial charge in [0.25, 0.3) is 0 Å². The van der Waals surface area contributed by atoms with Gasteiger partial charge in [-0.2, -0.15) is 0 Å². The van der Waals surface area contributed by atoms with Crippen LogP contribution < -0.4 is 0 Å². The van der Waals surface area contributed by atoms with Gasteiger partial charge in [-0.1, -0.05) is 30.0 Å². The van der Waals surface area contributed by atoms with E-state index in [1.807, 2.05) is 12.3 Å². The number of hydrogen-bond acceptors (Lipinski definition) is 5. The zero-order valence-electron chi connectivity index (χ0n) is 9.46. The largest absolute Gasteiger partial charge is 0.471 e. The lowest BCUT2D eigenvalue weighted by molar-refractivity contribution is 0.0472. The van der Waals surface area contributed by atoms with Gasteiger partial charge in [-0.15, -0.1) is 0 Å². The Morgan fingerprint density at radius 3 is 2.94 bits per heavy atom. The molecule has 90 valence electrons. The summed E-state index contributed by atoms with van der Waals surface area (Å²) in [5.41, 5.74) is 0.556. The zero-order valence-corrected chi connectivity index (χ0v) is 10.3. The molecule has 4 nitrogen and oxygen atoms in total. The van der Waals surface area contributed by atoms with Crippen LogP contribution in [-0.4, -0.2) is 36.7 Å².